The Morgan fingerprint density at radius 1 is 1.58 bits per heavy atom. The average molecular weight is 188 g/mol. The Hall–Kier alpha value is -0.800. The van der Waals surface area contributed by atoms with E-state index in [1.54, 1.807) is 12.1 Å². The highest BCUT2D eigenvalue weighted by molar-refractivity contribution is 6.30. The Labute approximate surface area is 76.0 Å². The predicted octanol–water partition coefficient (Wildman–Crippen LogP) is 1.41. The molecule has 0 bridgehead atoms. The minimum atomic E-state index is -0.0236. The van der Waals surface area contributed by atoms with Gasteiger partial charge in [-0.25, -0.2) is 4.98 Å². The smallest absolute Gasteiger partial charge is 0.171 e. The first kappa shape index (κ1) is 9.29. The first-order chi connectivity index (χ1) is 5.74. The Morgan fingerprint density at radius 3 is 2.92 bits per heavy atom. The molecule has 0 saturated carbocycles. The Kier molecular flexibility index (Phi) is 3.31. The van der Waals surface area contributed by atoms with E-state index in [4.69, 9.17) is 21.4 Å². The summed E-state index contributed by atoms with van der Waals surface area (Å²) in [6, 6.07) is 3.54. The standard InChI is InChI=1S/C8H10ClNO2/c1-6-2-3-7(8(9)10-6)12-5-4-11/h2-3,11H,4-5H2,1H3. The van der Waals surface area contributed by atoms with Crippen molar-refractivity contribution < 1.29 is 9.84 Å². The molecule has 0 aliphatic heterocycles. The van der Waals surface area contributed by atoms with Crippen molar-refractivity contribution in [2.45, 2.75) is 6.92 Å². The molecule has 0 aliphatic carbocycles. The number of nitrogens with zero attached hydrogens (tertiary/aromatic N) is 1. The van der Waals surface area contributed by atoms with E-state index >= 15 is 0 Å². The average Bonchev–Trinajstić information content (AvgIpc) is 2.03. The van der Waals surface area contributed by atoms with Crippen LogP contribution >= 0.6 is 11.6 Å². The van der Waals surface area contributed by atoms with Gasteiger partial charge in [-0.1, -0.05) is 11.6 Å². The van der Waals surface area contributed by atoms with Gasteiger partial charge in [-0.05, 0) is 19.1 Å². The van der Waals surface area contributed by atoms with Gasteiger partial charge in [-0.2, -0.15) is 0 Å². The largest absolute Gasteiger partial charge is 0.488 e. The number of halogens is 1. The molecule has 66 valence electrons. The van der Waals surface area contributed by atoms with Crippen LogP contribution in [0.4, 0.5) is 0 Å². The van der Waals surface area contributed by atoms with Crippen LogP contribution in [0.5, 0.6) is 5.75 Å². The Bertz CT molecular complexity index is 265. The van der Waals surface area contributed by atoms with E-state index < -0.39 is 0 Å². The summed E-state index contributed by atoms with van der Waals surface area (Å²) in [5, 5.41) is 8.82. The lowest BCUT2D eigenvalue weighted by atomic mass is 10.4. The topological polar surface area (TPSA) is 42.4 Å². The Morgan fingerprint density at radius 2 is 2.33 bits per heavy atom. The maximum atomic E-state index is 8.48. The fourth-order valence-corrected chi connectivity index (χ4v) is 1.03. The molecular weight excluding hydrogens is 178 g/mol. The molecule has 1 rings (SSSR count). The van der Waals surface area contributed by atoms with Gasteiger partial charge in [0.15, 0.2) is 10.9 Å². The summed E-state index contributed by atoms with van der Waals surface area (Å²) in [4.78, 5) is 3.99. The number of rotatable bonds is 3. The van der Waals surface area contributed by atoms with E-state index in [0.717, 1.165) is 5.69 Å². The summed E-state index contributed by atoms with van der Waals surface area (Å²) < 4.78 is 5.10. The Balaban J connectivity index is 2.72. The summed E-state index contributed by atoms with van der Waals surface area (Å²) in [6.45, 7) is 2.07. The van der Waals surface area contributed by atoms with Crippen LogP contribution in [0.25, 0.3) is 0 Å². The fraction of sp³-hybridized carbons (Fsp3) is 0.375. The minimum absolute atomic E-state index is 0.0236. The number of hydrogen-bond acceptors (Lipinski definition) is 3. The van der Waals surface area contributed by atoms with E-state index in [-0.39, 0.29) is 13.2 Å². The number of hydrogen-bond donors (Lipinski definition) is 1. The number of aromatic nitrogens is 1. The van der Waals surface area contributed by atoms with Crippen LogP contribution < -0.4 is 4.74 Å². The molecule has 0 atom stereocenters. The van der Waals surface area contributed by atoms with Gasteiger partial charge >= 0.3 is 0 Å². The highest BCUT2D eigenvalue weighted by Gasteiger charge is 2.01. The lowest BCUT2D eigenvalue weighted by Crippen LogP contribution is -2.02. The third kappa shape index (κ3) is 2.36. The monoisotopic (exact) mass is 187 g/mol. The van der Waals surface area contributed by atoms with Crippen molar-refractivity contribution in [1.82, 2.24) is 4.98 Å². The summed E-state index contributed by atoms with van der Waals surface area (Å²) >= 11 is 5.75. The second-order valence-electron chi connectivity index (χ2n) is 2.31. The van der Waals surface area contributed by atoms with Crippen molar-refractivity contribution in [3.63, 3.8) is 0 Å². The van der Waals surface area contributed by atoms with Gasteiger partial charge in [0.2, 0.25) is 0 Å². The maximum Gasteiger partial charge on any atom is 0.171 e. The minimum Gasteiger partial charge on any atom is -0.488 e. The molecule has 1 N–H and O–H groups in total. The van der Waals surface area contributed by atoms with Crippen LogP contribution in [-0.4, -0.2) is 23.3 Å². The molecule has 0 aromatic carbocycles. The lowest BCUT2D eigenvalue weighted by molar-refractivity contribution is 0.201. The number of pyridine rings is 1. The summed E-state index contributed by atoms with van der Waals surface area (Å²) in [6.07, 6.45) is 0. The molecule has 12 heavy (non-hydrogen) atoms. The van der Waals surface area contributed by atoms with Crippen LogP contribution in [0.15, 0.2) is 12.1 Å². The summed E-state index contributed by atoms with van der Waals surface area (Å²) in [7, 11) is 0. The van der Waals surface area contributed by atoms with Crippen molar-refractivity contribution in [3.8, 4) is 5.75 Å². The van der Waals surface area contributed by atoms with Crippen molar-refractivity contribution in [3.05, 3.63) is 23.0 Å². The molecule has 0 unspecified atom stereocenters. The van der Waals surface area contributed by atoms with Gasteiger partial charge in [0.05, 0.1) is 6.61 Å². The zero-order chi connectivity index (χ0) is 8.97. The van der Waals surface area contributed by atoms with Crippen molar-refractivity contribution in [2.24, 2.45) is 0 Å². The zero-order valence-electron chi connectivity index (χ0n) is 6.75. The van der Waals surface area contributed by atoms with E-state index in [2.05, 4.69) is 4.98 Å². The number of aliphatic hydroxyl groups excluding tert-OH is 1. The molecule has 4 heteroatoms. The van der Waals surface area contributed by atoms with Crippen LogP contribution in [-0.2, 0) is 0 Å². The molecule has 0 amide bonds. The second kappa shape index (κ2) is 4.28. The van der Waals surface area contributed by atoms with Crippen molar-refractivity contribution in [2.75, 3.05) is 13.2 Å². The van der Waals surface area contributed by atoms with Crippen LogP contribution in [0, 0.1) is 6.92 Å². The molecular formula is C8H10ClNO2. The molecule has 0 radical (unpaired) electrons. The molecule has 1 aromatic heterocycles. The summed E-state index contributed by atoms with van der Waals surface area (Å²) in [5.41, 5.74) is 0.844. The number of aryl methyl sites for hydroxylation is 1. The highest BCUT2D eigenvalue weighted by atomic mass is 35.5. The molecule has 0 saturated heterocycles. The molecule has 0 spiro atoms. The highest BCUT2D eigenvalue weighted by Crippen LogP contribution is 2.21. The van der Waals surface area contributed by atoms with Gasteiger partial charge in [0.25, 0.3) is 0 Å². The van der Waals surface area contributed by atoms with Crippen molar-refractivity contribution in [1.29, 1.82) is 0 Å². The molecule has 0 fully saturated rings. The van der Waals surface area contributed by atoms with Gasteiger partial charge < -0.3 is 9.84 Å². The van der Waals surface area contributed by atoms with Crippen LogP contribution in [0.3, 0.4) is 0 Å². The lowest BCUT2D eigenvalue weighted by Gasteiger charge is -2.05. The van der Waals surface area contributed by atoms with Crippen LogP contribution in [0.1, 0.15) is 5.69 Å². The van der Waals surface area contributed by atoms with Gasteiger partial charge in [0, 0.05) is 5.69 Å². The van der Waals surface area contributed by atoms with Gasteiger partial charge in [0.1, 0.15) is 6.61 Å². The van der Waals surface area contributed by atoms with Gasteiger partial charge in [-0.3, -0.25) is 0 Å². The number of ether oxygens (including phenoxy) is 1. The normalized spacial score (nSPS) is 9.92. The predicted molar refractivity (Wildman–Crippen MR) is 46.6 cm³/mol. The zero-order valence-corrected chi connectivity index (χ0v) is 7.51. The van der Waals surface area contributed by atoms with E-state index in [9.17, 15) is 0 Å². The van der Waals surface area contributed by atoms with Crippen molar-refractivity contribution >= 4 is 11.6 Å². The fourth-order valence-electron chi connectivity index (χ4n) is 0.776. The first-order valence-corrected chi connectivity index (χ1v) is 3.98. The molecule has 3 nitrogen and oxygen atoms in total. The third-order valence-corrected chi connectivity index (χ3v) is 1.57. The molecule has 1 heterocycles. The number of aliphatic hydroxyl groups is 1. The van der Waals surface area contributed by atoms with E-state index in [1.807, 2.05) is 6.92 Å². The van der Waals surface area contributed by atoms with E-state index in [1.165, 1.54) is 0 Å². The first-order valence-electron chi connectivity index (χ1n) is 3.61. The summed E-state index contributed by atoms with van der Waals surface area (Å²) in [5.74, 6) is 0.510. The molecule has 0 aliphatic rings. The second-order valence-corrected chi connectivity index (χ2v) is 2.67. The van der Waals surface area contributed by atoms with Crippen LogP contribution in [0.2, 0.25) is 5.15 Å². The SMILES string of the molecule is Cc1ccc(OCCO)c(Cl)n1. The van der Waals surface area contributed by atoms with Gasteiger partial charge in [-0.15, -0.1) is 0 Å². The third-order valence-electron chi connectivity index (χ3n) is 1.30. The molecule has 1 aromatic rings. The quantitative estimate of drug-likeness (QED) is 0.728. The van der Waals surface area contributed by atoms with E-state index in [0.29, 0.717) is 10.9 Å². The maximum absolute atomic E-state index is 8.48.